The molecular weight excluding hydrogens is 120 g/mol. The Balaban J connectivity index is 3.63. The number of hydrogen-bond donors (Lipinski definition) is 0. The number of hydrogen-bond acceptors (Lipinski definition) is 0. The maximum absolute atomic E-state index is 2.30. The Hall–Kier alpha value is 0. The third-order valence-electron chi connectivity index (χ3n) is 1.78. The molecule has 10 heavy (non-hydrogen) atoms. The molecule has 61 valence electrons. The first kappa shape index (κ1) is 10.0. The van der Waals surface area contributed by atoms with E-state index < -0.39 is 0 Å². The summed E-state index contributed by atoms with van der Waals surface area (Å²) in [5.74, 6) is 1.70. The van der Waals surface area contributed by atoms with Gasteiger partial charge in [-0.3, -0.25) is 0 Å². The summed E-state index contributed by atoms with van der Waals surface area (Å²) in [6.45, 7) is 11.4. The Bertz CT molecular complexity index is 72.5. The molecule has 0 nitrogen and oxygen atoms in total. The van der Waals surface area contributed by atoms with Gasteiger partial charge >= 0.3 is 0 Å². The van der Waals surface area contributed by atoms with Crippen LogP contribution in [0.2, 0.25) is 0 Å². The molecule has 0 N–H and O–H groups in total. The zero-order valence-corrected chi connectivity index (χ0v) is 8.12. The maximum Gasteiger partial charge on any atom is -0.0241 e. The average Bonchev–Trinajstić information content (AvgIpc) is 1.81. The molecule has 0 fully saturated rings. The molecule has 0 rings (SSSR count). The molecule has 0 saturated carbocycles. The van der Waals surface area contributed by atoms with Crippen LogP contribution in [0.5, 0.6) is 0 Å². The molecule has 0 unspecified atom stereocenters. The van der Waals surface area contributed by atoms with Crippen molar-refractivity contribution in [3.05, 3.63) is 5.92 Å². The second kappa shape index (κ2) is 4.00. The van der Waals surface area contributed by atoms with Crippen molar-refractivity contribution in [2.45, 2.75) is 53.9 Å². The third kappa shape index (κ3) is 4.84. The Morgan fingerprint density at radius 1 is 1.00 bits per heavy atom. The summed E-state index contributed by atoms with van der Waals surface area (Å²) in [6, 6.07) is 0. The largest absolute Gasteiger partial charge is 0.0648 e. The molecule has 0 aromatic rings. The lowest BCUT2D eigenvalue weighted by molar-refractivity contribution is 0.374. The predicted molar refractivity (Wildman–Crippen MR) is 47.9 cm³/mol. The average molecular weight is 141 g/mol. The summed E-state index contributed by atoms with van der Waals surface area (Å²) in [4.78, 5) is 0. The highest BCUT2D eigenvalue weighted by Crippen LogP contribution is 2.29. The Morgan fingerprint density at radius 3 is 1.50 bits per heavy atom. The van der Waals surface area contributed by atoms with Gasteiger partial charge in [0, 0.05) is 0 Å². The van der Waals surface area contributed by atoms with E-state index >= 15 is 0 Å². The summed E-state index contributed by atoms with van der Waals surface area (Å²) >= 11 is 0. The first-order valence-electron chi connectivity index (χ1n) is 4.33. The van der Waals surface area contributed by atoms with Crippen molar-refractivity contribution in [3.63, 3.8) is 0 Å². The zero-order chi connectivity index (χ0) is 8.20. The van der Waals surface area contributed by atoms with Crippen molar-refractivity contribution in [3.8, 4) is 0 Å². The minimum absolute atomic E-state index is 0.487. The van der Waals surface area contributed by atoms with E-state index in [4.69, 9.17) is 0 Å². The van der Waals surface area contributed by atoms with Crippen LogP contribution >= 0.6 is 0 Å². The van der Waals surface area contributed by atoms with Gasteiger partial charge in [0.2, 0.25) is 0 Å². The smallest absolute Gasteiger partial charge is 0.0241 e. The lowest BCUT2D eigenvalue weighted by atomic mass is 9.82. The fourth-order valence-electron chi connectivity index (χ4n) is 1.25. The third-order valence-corrected chi connectivity index (χ3v) is 1.78. The van der Waals surface area contributed by atoms with Crippen LogP contribution in [0.15, 0.2) is 0 Å². The molecular formula is C10H21. The van der Waals surface area contributed by atoms with E-state index in [1.165, 1.54) is 19.3 Å². The van der Waals surface area contributed by atoms with Crippen molar-refractivity contribution in [1.29, 1.82) is 0 Å². The zero-order valence-electron chi connectivity index (χ0n) is 8.12. The minimum Gasteiger partial charge on any atom is -0.0648 e. The molecule has 0 aromatic heterocycles. The molecule has 0 saturated heterocycles. The van der Waals surface area contributed by atoms with Crippen LogP contribution in [-0.4, -0.2) is 0 Å². The predicted octanol–water partition coefficient (Wildman–Crippen LogP) is 3.82. The van der Waals surface area contributed by atoms with Gasteiger partial charge in [-0.05, 0) is 30.6 Å². The molecule has 1 radical (unpaired) electrons. The summed E-state index contributed by atoms with van der Waals surface area (Å²) in [5, 5.41) is 0. The molecule has 0 heterocycles. The SMILES string of the molecule is CC[C](CC)CC(C)(C)C. The van der Waals surface area contributed by atoms with Gasteiger partial charge in [-0.15, -0.1) is 0 Å². The molecule has 0 aliphatic heterocycles. The highest BCUT2D eigenvalue weighted by Gasteiger charge is 2.15. The highest BCUT2D eigenvalue weighted by atomic mass is 14.2. The van der Waals surface area contributed by atoms with Gasteiger partial charge in [-0.2, -0.15) is 0 Å². The van der Waals surface area contributed by atoms with E-state index in [1.54, 1.807) is 5.92 Å². The normalized spacial score (nSPS) is 12.6. The van der Waals surface area contributed by atoms with E-state index in [1.807, 2.05) is 0 Å². The second-order valence-corrected chi connectivity index (χ2v) is 4.19. The van der Waals surface area contributed by atoms with Gasteiger partial charge in [0.05, 0.1) is 0 Å². The molecule has 0 heteroatoms. The second-order valence-electron chi connectivity index (χ2n) is 4.19. The first-order valence-corrected chi connectivity index (χ1v) is 4.33. The fourth-order valence-corrected chi connectivity index (χ4v) is 1.25. The lowest BCUT2D eigenvalue weighted by Gasteiger charge is -2.23. The summed E-state index contributed by atoms with van der Waals surface area (Å²) in [6.07, 6.45) is 3.81. The van der Waals surface area contributed by atoms with Crippen LogP contribution in [0, 0.1) is 11.3 Å². The molecule has 0 spiro atoms. The molecule has 0 atom stereocenters. The monoisotopic (exact) mass is 141 g/mol. The van der Waals surface area contributed by atoms with Gasteiger partial charge in [-0.1, -0.05) is 34.6 Å². The Kier molecular flexibility index (Phi) is 4.00. The summed E-state index contributed by atoms with van der Waals surface area (Å²) < 4.78 is 0. The van der Waals surface area contributed by atoms with Crippen molar-refractivity contribution in [2.75, 3.05) is 0 Å². The van der Waals surface area contributed by atoms with Crippen molar-refractivity contribution < 1.29 is 0 Å². The van der Waals surface area contributed by atoms with Gasteiger partial charge in [-0.25, -0.2) is 0 Å². The summed E-state index contributed by atoms with van der Waals surface area (Å²) in [7, 11) is 0. The minimum atomic E-state index is 0.487. The molecule has 0 aliphatic carbocycles. The lowest BCUT2D eigenvalue weighted by Crippen LogP contribution is -2.10. The fraction of sp³-hybridized carbons (Fsp3) is 0.900. The van der Waals surface area contributed by atoms with Gasteiger partial charge < -0.3 is 0 Å². The van der Waals surface area contributed by atoms with Crippen LogP contribution in [0.25, 0.3) is 0 Å². The van der Waals surface area contributed by atoms with Gasteiger partial charge in [0.25, 0.3) is 0 Å². The topological polar surface area (TPSA) is 0 Å². The molecule has 0 aromatic carbocycles. The van der Waals surface area contributed by atoms with Crippen LogP contribution in [0.1, 0.15) is 53.9 Å². The van der Waals surface area contributed by atoms with Crippen LogP contribution in [0.3, 0.4) is 0 Å². The van der Waals surface area contributed by atoms with Gasteiger partial charge in [0.15, 0.2) is 0 Å². The highest BCUT2D eigenvalue weighted by molar-refractivity contribution is 4.90. The van der Waals surface area contributed by atoms with E-state index in [2.05, 4.69) is 34.6 Å². The van der Waals surface area contributed by atoms with Crippen LogP contribution in [-0.2, 0) is 0 Å². The molecule has 0 aliphatic rings. The first-order chi connectivity index (χ1) is 4.49. The molecule has 0 bridgehead atoms. The maximum atomic E-state index is 2.30. The van der Waals surface area contributed by atoms with E-state index in [0.717, 1.165) is 0 Å². The van der Waals surface area contributed by atoms with Gasteiger partial charge in [0.1, 0.15) is 0 Å². The van der Waals surface area contributed by atoms with Crippen LogP contribution in [0.4, 0.5) is 0 Å². The van der Waals surface area contributed by atoms with E-state index in [9.17, 15) is 0 Å². The Labute approximate surface area is 66.0 Å². The quantitative estimate of drug-likeness (QED) is 0.560. The number of rotatable bonds is 3. The van der Waals surface area contributed by atoms with E-state index in [-0.39, 0.29) is 0 Å². The summed E-state index contributed by atoms with van der Waals surface area (Å²) in [5.41, 5.74) is 0.487. The Morgan fingerprint density at radius 2 is 1.40 bits per heavy atom. The van der Waals surface area contributed by atoms with Crippen molar-refractivity contribution >= 4 is 0 Å². The molecule has 0 amide bonds. The van der Waals surface area contributed by atoms with Crippen LogP contribution < -0.4 is 0 Å². The van der Waals surface area contributed by atoms with E-state index in [0.29, 0.717) is 5.41 Å². The van der Waals surface area contributed by atoms with Crippen molar-refractivity contribution in [2.24, 2.45) is 5.41 Å². The standard InChI is InChI=1S/C10H21/c1-6-9(7-2)8-10(3,4)5/h6-8H2,1-5H3. The van der Waals surface area contributed by atoms with Crippen molar-refractivity contribution in [1.82, 2.24) is 0 Å².